The molecule has 1 N–H and O–H groups in total. The van der Waals surface area contributed by atoms with Crippen LogP contribution in [0.2, 0.25) is 0 Å². The fourth-order valence-corrected chi connectivity index (χ4v) is 6.95. The van der Waals surface area contributed by atoms with Crippen LogP contribution in [0.4, 0.5) is 21.1 Å². The molecular formula is C32H43N9O5. The molecule has 2 aromatic heterocycles. The van der Waals surface area contributed by atoms with E-state index in [1.54, 1.807) is 4.90 Å². The third-order valence-electron chi connectivity index (χ3n) is 9.65. The minimum atomic E-state index is -0.467. The number of piperidine rings is 1. The number of fused-ring (bicyclic) bond motifs is 3. The van der Waals surface area contributed by atoms with E-state index in [1.165, 1.54) is 7.11 Å². The molecule has 0 aliphatic carbocycles. The Bertz CT molecular complexity index is 1520. The van der Waals surface area contributed by atoms with Crippen molar-refractivity contribution in [2.24, 2.45) is 0 Å². The average Bonchev–Trinajstić information content (AvgIpc) is 3.67. The zero-order chi connectivity index (χ0) is 31.6. The van der Waals surface area contributed by atoms with Gasteiger partial charge in [-0.1, -0.05) is 0 Å². The quantitative estimate of drug-likeness (QED) is 0.412. The van der Waals surface area contributed by atoms with E-state index in [0.29, 0.717) is 31.2 Å². The van der Waals surface area contributed by atoms with E-state index in [4.69, 9.17) is 29.3 Å². The predicted molar refractivity (Wildman–Crippen MR) is 172 cm³/mol. The van der Waals surface area contributed by atoms with Crippen LogP contribution in [0.25, 0.3) is 22.4 Å². The standard InChI is InChI=1S/C32H43N9O5/c1-37-13-15-38(16-14-37)17-18-45-31(42)34-23-5-3-22(4-6-23)28-35-29(40-20-25-7-8-26(21-40)46-25)27-19-33-41(30(27)36-28)24-9-11-39(12-10-24)32(43)44-2/h3-6,19,24-26H,7-18,20-21H2,1-2H3,(H,34,42). The fourth-order valence-electron chi connectivity index (χ4n) is 6.95. The van der Waals surface area contributed by atoms with Crippen molar-refractivity contribution >= 4 is 34.7 Å². The third kappa shape index (κ3) is 6.60. The van der Waals surface area contributed by atoms with Crippen LogP contribution in [-0.2, 0) is 14.2 Å². The zero-order valence-electron chi connectivity index (χ0n) is 26.6. The molecule has 4 aliphatic heterocycles. The summed E-state index contributed by atoms with van der Waals surface area (Å²) in [6, 6.07) is 7.63. The van der Waals surface area contributed by atoms with Gasteiger partial charge in [0.1, 0.15) is 12.4 Å². The normalized spacial score (nSPS) is 22.7. The van der Waals surface area contributed by atoms with Gasteiger partial charge in [0.25, 0.3) is 0 Å². The van der Waals surface area contributed by atoms with Crippen molar-refractivity contribution in [3.63, 3.8) is 0 Å². The smallest absolute Gasteiger partial charge is 0.411 e. The molecule has 0 saturated carbocycles. The van der Waals surface area contributed by atoms with Crippen LogP contribution in [0.3, 0.4) is 0 Å². The number of hydrogen-bond acceptors (Lipinski definition) is 11. The molecule has 2 bridgehead atoms. The van der Waals surface area contributed by atoms with Crippen LogP contribution in [0.5, 0.6) is 0 Å². The van der Waals surface area contributed by atoms with E-state index in [1.807, 2.05) is 35.1 Å². The number of likely N-dealkylation sites (tertiary alicyclic amines) is 1. The second kappa shape index (κ2) is 13.4. The van der Waals surface area contributed by atoms with Crippen LogP contribution in [-0.4, -0.2) is 139 Å². The van der Waals surface area contributed by atoms with Gasteiger partial charge in [0.15, 0.2) is 11.5 Å². The van der Waals surface area contributed by atoms with Gasteiger partial charge in [0, 0.05) is 70.2 Å². The molecule has 7 rings (SSSR count). The Kier molecular flexibility index (Phi) is 8.91. The summed E-state index contributed by atoms with van der Waals surface area (Å²) in [4.78, 5) is 43.3. The summed E-state index contributed by atoms with van der Waals surface area (Å²) < 4.78 is 18.5. The lowest BCUT2D eigenvalue weighted by Gasteiger charge is -2.33. The molecule has 3 aromatic rings. The number of benzene rings is 1. The maximum absolute atomic E-state index is 12.5. The Morgan fingerprint density at radius 1 is 0.957 bits per heavy atom. The molecule has 1 aromatic carbocycles. The topological polar surface area (TPSA) is 130 Å². The zero-order valence-corrected chi connectivity index (χ0v) is 26.6. The number of morpholine rings is 1. The Labute approximate surface area is 268 Å². The van der Waals surface area contributed by atoms with E-state index in [9.17, 15) is 9.59 Å². The predicted octanol–water partition coefficient (Wildman–Crippen LogP) is 3.06. The van der Waals surface area contributed by atoms with Crippen LogP contribution in [0, 0.1) is 0 Å². The minimum absolute atomic E-state index is 0.101. The maximum atomic E-state index is 12.5. The highest BCUT2D eigenvalue weighted by atomic mass is 16.6. The average molecular weight is 634 g/mol. The highest BCUT2D eigenvalue weighted by Crippen LogP contribution is 2.35. The largest absolute Gasteiger partial charge is 0.453 e. The SMILES string of the molecule is COC(=O)N1CCC(n2ncc3c(N4CC5CCC(C4)O5)nc(-c4ccc(NC(=O)OCCN5CCN(C)CC5)cc4)nc32)CC1. The summed E-state index contributed by atoms with van der Waals surface area (Å²) in [6.45, 7) is 7.88. The summed E-state index contributed by atoms with van der Waals surface area (Å²) in [7, 11) is 3.54. The van der Waals surface area contributed by atoms with Gasteiger partial charge in [-0.15, -0.1) is 0 Å². The summed E-state index contributed by atoms with van der Waals surface area (Å²) in [5.41, 5.74) is 2.25. The molecule has 2 unspecified atom stereocenters. The molecule has 6 heterocycles. The number of nitrogens with zero attached hydrogens (tertiary/aromatic N) is 8. The fraction of sp³-hybridized carbons (Fsp3) is 0.594. The first kappa shape index (κ1) is 30.6. The van der Waals surface area contributed by atoms with Crippen LogP contribution in [0.15, 0.2) is 30.5 Å². The molecule has 2 atom stereocenters. The molecule has 14 nitrogen and oxygen atoms in total. The number of methoxy groups -OCH3 is 1. The molecule has 4 fully saturated rings. The minimum Gasteiger partial charge on any atom is -0.453 e. The van der Waals surface area contributed by atoms with Gasteiger partial charge in [-0.25, -0.2) is 24.2 Å². The molecule has 0 spiro atoms. The third-order valence-corrected chi connectivity index (χ3v) is 9.65. The van der Waals surface area contributed by atoms with E-state index >= 15 is 0 Å². The summed E-state index contributed by atoms with van der Waals surface area (Å²) >= 11 is 0. The van der Waals surface area contributed by atoms with Gasteiger partial charge in [-0.2, -0.15) is 5.10 Å². The monoisotopic (exact) mass is 633 g/mol. The van der Waals surface area contributed by atoms with Gasteiger partial charge >= 0.3 is 12.2 Å². The van der Waals surface area contributed by atoms with E-state index in [-0.39, 0.29) is 24.3 Å². The second-order valence-electron chi connectivity index (χ2n) is 12.7. The number of hydrogen-bond donors (Lipinski definition) is 1. The van der Waals surface area contributed by atoms with Crippen molar-refractivity contribution in [2.45, 2.75) is 43.9 Å². The van der Waals surface area contributed by atoms with Gasteiger partial charge in [0.2, 0.25) is 0 Å². The maximum Gasteiger partial charge on any atom is 0.411 e. The number of nitrogens with one attached hydrogen (secondary N) is 1. The van der Waals surface area contributed by atoms with Crippen LogP contribution in [0.1, 0.15) is 31.7 Å². The van der Waals surface area contributed by atoms with Crippen LogP contribution < -0.4 is 10.2 Å². The molecule has 0 radical (unpaired) electrons. The summed E-state index contributed by atoms with van der Waals surface area (Å²) in [6.07, 6.45) is 5.16. The Balaban J connectivity index is 1.08. The van der Waals surface area contributed by atoms with Gasteiger partial charge in [0.05, 0.1) is 36.9 Å². The Morgan fingerprint density at radius 2 is 1.67 bits per heavy atom. The van der Waals surface area contributed by atoms with Crippen molar-refractivity contribution in [1.82, 2.24) is 34.4 Å². The number of piperazine rings is 1. The van der Waals surface area contributed by atoms with Gasteiger partial charge in [-0.05, 0) is 57.0 Å². The number of carbonyl (C=O) groups excluding carboxylic acids is 2. The first-order chi connectivity index (χ1) is 22.4. The lowest BCUT2D eigenvalue weighted by molar-refractivity contribution is 0.0303. The summed E-state index contributed by atoms with van der Waals surface area (Å²) in [5.74, 6) is 1.46. The number of likely N-dealkylation sites (N-methyl/N-ethyl adjacent to an activating group) is 1. The van der Waals surface area contributed by atoms with Crippen molar-refractivity contribution in [2.75, 3.05) is 89.9 Å². The van der Waals surface area contributed by atoms with Crippen LogP contribution >= 0.6 is 0 Å². The van der Waals surface area contributed by atoms with E-state index < -0.39 is 6.09 Å². The highest BCUT2D eigenvalue weighted by molar-refractivity contribution is 5.89. The molecule has 4 aliphatic rings. The van der Waals surface area contributed by atoms with Crippen molar-refractivity contribution in [1.29, 1.82) is 0 Å². The molecule has 4 saturated heterocycles. The van der Waals surface area contributed by atoms with Crippen molar-refractivity contribution in [3.8, 4) is 11.4 Å². The number of carbonyl (C=O) groups is 2. The van der Waals surface area contributed by atoms with Gasteiger partial charge < -0.3 is 28.9 Å². The highest BCUT2D eigenvalue weighted by Gasteiger charge is 2.36. The lowest BCUT2D eigenvalue weighted by Crippen LogP contribution is -2.45. The van der Waals surface area contributed by atoms with Gasteiger partial charge in [-0.3, -0.25) is 10.2 Å². The Morgan fingerprint density at radius 3 is 2.37 bits per heavy atom. The lowest BCUT2D eigenvalue weighted by atomic mass is 10.1. The molecule has 2 amide bonds. The Hall–Kier alpha value is -4.01. The number of amides is 2. The number of aromatic nitrogens is 4. The van der Waals surface area contributed by atoms with Crippen molar-refractivity contribution < 1.29 is 23.8 Å². The second-order valence-corrected chi connectivity index (χ2v) is 12.7. The molecular weight excluding hydrogens is 590 g/mol. The summed E-state index contributed by atoms with van der Waals surface area (Å²) in [5, 5.41) is 8.56. The van der Waals surface area contributed by atoms with E-state index in [2.05, 4.69) is 27.1 Å². The first-order valence-electron chi connectivity index (χ1n) is 16.4. The number of ether oxygens (including phenoxy) is 3. The first-order valence-corrected chi connectivity index (χ1v) is 16.4. The van der Waals surface area contributed by atoms with E-state index in [0.717, 1.165) is 93.9 Å². The number of rotatable bonds is 7. The molecule has 14 heteroatoms. The molecule has 46 heavy (non-hydrogen) atoms. The van der Waals surface area contributed by atoms with Crippen molar-refractivity contribution in [3.05, 3.63) is 30.5 Å². The number of anilines is 2. The molecule has 246 valence electrons.